The second kappa shape index (κ2) is 9.24. The Morgan fingerprint density at radius 2 is 1.96 bits per heavy atom. The summed E-state index contributed by atoms with van der Waals surface area (Å²) in [5.41, 5.74) is 1.44. The number of benzene rings is 2. The van der Waals surface area contributed by atoms with Crippen LogP contribution in [0.3, 0.4) is 0 Å². The van der Waals surface area contributed by atoms with E-state index in [0.29, 0.717) is 23.6 Å². The number of anilines is 1. The summed E-state index contributed by atoms with van der Waals surface area (Å²) in [6.07, 6.45) is 0.481. The first-order valence-electron chi connectivity index (χ1n) is 8.62. The molecule has 1 heterocycles. The fourth-order valence-corrected chi connectivity index (χ4v) is 3.89. The number of carbonyl (C=O) groups is 2. The van der Waals surface area contributed by atoms with Crippen molar-refractivity contribution in [3.8, 4) is 11.8 Å². The van der Waals surface area contributed by atoms with Crippen LogP contribution in [0.5, 0.6) is 5.75 Å². The number of hydrogen-bond donors (Lipinski definition) is 2. The molecule has 2 unspecified atom stereocenters. The van der Waals surface area contributed by atoms with Gasteiger partial charge in [-0.2, -0.15) is 5.26 Å². The molecule has 1 aliphatic heterocycles. The minimum absolute atomic E-state index is 0.0455. The van der Waals surface area contributed by atoms with Crippen LogP contribution >= 0.6 is 11.8 Å². The maximum absolute atomic E-state index is 13.0. The van der Waals surface area contributed by atoms with Crippen LogP contribution in [-0.2, 0) is 16.0 Å². The van der Waals surface area contributed by atoms with E-state index in [1.807, 2.05) is 6.07 Å². The molecule has 2 aromatic rings. The van der Waals surface area contributed by atoms with Gasteiger partial charge in [-0.3, -0.25) is 9.59 Å². The number of ether oxygens (including phenoxy) is 1. The number of nitriles is 1. The van der Waals surface area contributed by atoms with Crippen LogP contribution in [0.2, 0.25) is 0 Å². The number of halogens is 1. The van der Waals surface area contributed by atoms with Crippen LogP contribution in [0.1, 0.15) is 5.56 Å². The summed E-state index contributed by atoms with van der Waals surface area (Å²) in [4.78, 5) is 24.8. The molecule has 0 aliphatic carbocycles. The van der Waals surface area contributed by atoms with E-state index in [-0.39, 0.29) is 29.5 Å². The largest absolute Gasteiger partial charge is 0.479 e. The number of hydrogen-bond acceptors (Lipinski definition) is 5. The molecule has 0 saturated carbocycles. The Morgan fingerprint density at radius 3 is 2.61 bits per heavy atom. The lowest BCUT2D eigenvalue weighted by Crippen LogP contribution is -2.52. The Morgan fingerprint density at radius 1 is 1.25 bits per heavy atom. The number of carbonyl (C=O) groups excluding carboxylic acids is 2. The molecule has 2 atom stereocenters. The fourth-order valence-electron chi connectivity index (χ4n) is 2.70. The van der Waals surface area contributed by atoms with Crippen molar-refractivity contribution in [2.24, 2.45) is 0 Å². The Hall–Kier alpha value is -3.05. The third-order valence-corrected chi connectivity index (χ3v) is 5.46. The molecule has 2 N–H and O–H groups in total. The van der Waals surface area contributed by atoms with E-state index in [4.69, 9.17) is 10.00 Å². The molecule has 0 aromatic heterocycles. The number of amides is 2. The maximum atomic E-state index is 13.0. The highest BCUT2D eigenvalue weighted by atomic mass is 32.2. The molecule has 1 aliphatic rings. The normalized spacial score (nSPS) is 18.6. The van der Waals surface area contributed by atoms with Gasteiger partial charge < -0.3 is 15.4 Å². The highest BCUT2D eigenvalue weighted by Gasteiger charge is 2.32. The second-order valence-electron chi connectivity index (χ2n) is 6.17. The molecular formula is C20H18FN3O3S. The average Bonchev–Trinajstić information content (AvgIpc) is 2.70. The fraction of sp³-hybridized carbons (Fsp3) is 0.250. The summed E-state index contributed by atoms with van der Waals surface area (Å²) in [6.45, 7) is -0.0455. The van der Waals surface area contributed by atoms with E-state index in [2.05, 4.69) is 10.6 Å². The lowest BCUT2D eigenvalue weighted by molar-refractivity contribution is -0.126. The summed E-state index contributed by atoms with van der Waals surface area (Å²) in [6, 6.07) is 13.9. The molecular weight excluding hydrogens is 381 g/mol. The van der Waals surface area contributed by atoms with Crippen molar-refractivity contribution in [3.05, 3.63) is 59.9 Å². The Bertz CT molecular complexity index is 881. The minimum atomic E-state index is -0.628. The monoisotopic (exact) mass is 399 g/mol. The molecule has 0 bridgehead atoms. The van der Waals surface area contributed by atoms with Crippen LogP contribution < -0.4 is 15.4 Å². The highest BCUT2D eigenvalue weighted by Crippen LogP contribution is 2.23. The summed E-state index contributed by atoms with van der Waals surface area (Å²) in [5.74, 6) is 0.163. The lowest BCUT2D eigenvalue weighted by atomic mass is 10.1. The topological polar surface area (TPSA) is 91.2 Å². The van der Waals surface area contributed by atoms with Gasteiger partial charge in [0.1, 0.15) is 23.7 Å². The summed E-state index contributed by atoms with van der Waals surface area (Å²) in [7, 11) is 0. The van der Waals surface area contributed by atoms with Gasteiger partial charge in [0, 0.05) is 11.4 Å². The summed E-state index contributed by atoms with van der Waals surface area (Å²) < 4.78 is 18.1. The van der Waals surface area contributed by atoms with Crippen molar-refractivity contribution in [1.29, 1.82) is 5.26 Å². The Kier molecular flexibility index (Phi) is 6.50. The van der Waals surface area contributed by atoms with Gasteiger partial charge in [0.2, 0.25) is 11.8 Å². The first-order valence-corrected chi connectivity index (χ1v) is 9.67. The molecule has 2 aromatic carbocycles. The molecule has 0 radical (unpaired) electrons. The van der Waals surface area contributed by atoms with Crippen LogP contribution in [0.4, 0.5) is 10.1 Å². The average molecular weight is 399 g/mol. The van der Waals surface area contributed by atoms with Crippen LogP contribution in [-0.4, -0.2) is 35.5 Å². The van der Waals surface area contributed by atoms with Gasteiger partial charge in [0.25, 0.3) is 0 Å². The zero-order chi connectivity index (χ0) is 19.9. The Labute approximate surface area is 166 Å². The van der Waals surface area contributed by atoms with Gasteiger partial charge >= 0.3 is 0 Å². The molecule has 1 fully saturated rings. The number of nitrogens with zero attached hydrogens (tertiary/aromatic N) is 1. The molecule has 6 nitrogen and oxygen atoms in total. The van der Waals surface area contributed by atoms with Crippen molar-refractivity contribution < 1.29 is 18.7 Å². The maximum Gasteiger partial charge on any atom is 0.247 e. The standard InChI is InChI=1S/C20H18FN3O3S/c21-14-3-1-13(2-4-14)11-18-20(26)24-17(12-28-18)19(25)23-15-5-7-16(8-6-15)27-10-9-22/h1-8,17-18H,10-12H2,(H,23,25)(H,24,26). The van der Waals surface area contributed by atoms with Gasteiger partial charge in [-0.05, 0) is 48.4 Å². The second-order valence-corrected chi connectivity index (χ2v) is 7.41. The van der Waals surface area contributed by atoms with Crippen molar-refractivity contribution >= 4 is 29.3 Å². The molecule has 0 spiro atoms. The zero-order valence-corrected chi connectivity index (χ0v) is 15.7. The zero-order valence-electron chi connectivity index (χ0n) is 14.9. The van der Waals surface area contributed by atoms with Crippen LogP contribution in [0.25, 0.3) is 0 Å². The predicted octanol–water partition coefficient (Wildman–Crippen LogP) is 2.51. The minimum Gasteiger partial charge on any atom is -0.479 e. The molecule has 3 rings (SSSR count). The number of thioether (sulfide) groups is 1. The summed E-state index contributed by atoms with van der Waals surface area (Å²) >= 11 is 1.41. The van der Waals surface area contributed by atoms with Gasteiger partial charge in [-0.15, -0.1) is 11.8 Å². The van der Waals surface area contributed by atoms with Gasteiger partial charge in [-0.25, -0.2) is 4.39 Å². The third-order valence-electron chi connectivity index (χ3n) is 4.15. The number of nitrogens with one attached hydrogen (secondary N) is 2. The van der Waals surface area contributed by atoms with Crippen molar-refractivity contribution in [3.63, 3.8) is 0 Å². The van der Waals surface area contributed by atoms with E-state index in [9.17, 15) is 14.0 Å². The van der Waals surface area contributed by atoms with Crippen molar-refractivity contribution in [2.75, 3.05) is 17.7 Å². The van der Waals surface area contributed by atoms with E-state index in [1.54, 1.807) is 36.4 Å². The van der Waals surface area contributed by atoms with Crippen molar-refractivity contribution in [2.45, 2.75) is 17.7 Å². The predicted molar refractivity (Wildman–Crippen MR) is 104 cm³/mol. The molecule has 28 heavy (non-hydrogen) atoms. The quantitative estimate of drug-likeness (QED) is 0.779. The van der Waals surface area contributed by atoms with E-state index < -0.39 is 6.04 Å². The lowest BCUT2D eigenvalue weighted by Gasteiger charge is -2.28. The first kappa shape index (κ1) is 19.7. The van der Waals surface area contributed by atoms with E-state index in [1.165, 1.54) is 23.9 Å². The van der Waals surface area contributed by atoms with Crippen LogP contribution in [0, 0.1) is 17.1 Å². The molecule has 144 valence electrons. The SMILES string of the molecule is N#CCOc1ccc(NC(=O)C2CSC(Cc3ccc(F)cc3)C(=O)N2)cc1. The van der Waals surface area contributed by atoms with Gasteiger partial charge in [-0.1, -0.05) is 12.1 Å². The molecule has 1 saturated heterocycles. The molecule has 8 heteroatoms. The van der Waals surface area contributed by atoms with E-state index >= 15 is 0 Å². The van der Waals surface area contributed by atoms with Gasteiger partial charge in [0.05, 0.1) is 5.25 Å². The highest BCUT2D eigenvalue weighted by molar-refractivity contribution is 8.00. The van der Waals surface area contributed by atoms with Crippen molar-refractivity contribution in [1.82, 2.24) is 5.32 Å². The smallest absolute Gasteiger partial charge is 0.247 e. The Balaban J connectivity index is 1.51. The molecule has 2 amide bonds. The third kappa shape index (κ3) is 5.24. The van der Waals surface area contributed by atoms with Crippen LogP contribution in [0.15, 0.2) is 48.5 Å². The number of rotatable bonds is 6. The summed E-state index contributed by atoms with van der Waals surface area (Å²) in [5, 5.41) is 13.7. The first-order chi connectivity index (χ1) is 13.5. The van der Waals surface area contributed by atoms with E-state index in [0.717, 1.165) is 5.56 Å². The van der Waals surface area contributed by atoms with Gasteiger partial charge in [0.15, 0.2) is 6.61 Å².